The van der Waals surface area contributed by atoms with Crippen molar-refractivity contribution in [3.05, 3.63) is 53.9 Å². The fraction of sp³-hybridized carbons (Fsp3) is 0.278. The van der Waals surface area contributed by atoms with Crippen molar-refractivity contribution in [1.82, 2.24) is 9.47 Å². The van der Waals surface area contributed by atoms with Crippen LogP contribution in [0.1, 0.15) is 11.1 Å². The fourth-order valence-electron chi connectivity index (χ4n) is 2.72. The molecule has 2 heterocycles. The quantitative estimate of drug-likeness (QED) is 0.495. The molecular weight excluding hydrogens is 412 g/mol. The van der Waals surface area contributed by atoms with E-state index in [0.717, 1.165) is 11.0 Å². The second-order valence-corrected chi connectivity index (χ2v) is 6.51. The third-order valence-electron chi connectivity index (χ3n) is 4.18. The van der Waals surface area contributed by atoms with Gasteiger partial charge in [0.05, 0.1) is 24.2 Å². The maximum atomic E-state index is 13.0. The molecule has 11 heteroatoms. The summed E-state index contributed by atoms with van der Waals surface area (Å²) < 4.78 is 104. The summed E-state index contributed by atoms with van der Waals surface area (Å²) >= 11 is 0. The predicted molar refractivity (Wildman–Crippen MR) is 86.7 cm³/mol. The normalized spacial score (nSPS) is 16.9. The van der Waals surface area contributed by atoms with Crippen molar-refractivity contribution in [2.75, 3.05) is 13.1 Å². The molecule has 0 spiro atoms. The number of rotatable bonds is 3. The van der Waals surface area contributed by atoms with E-state index < -0.39 is 48.4 Å². The minimum atomic E-state index is -4.97. The van der Waals surface area contributed by atoms with E-state index in [1.54, 1.807) is 0 Å². The van der Waals surface area contributed by atoms with Gasteiger partial charge >= 0.3 is 12.4 Å². The van der Waals surface area contributed by atoms with Gasteiger partial charge in [-0.1, -0.05) is 0 Å². The average Bonchev–Trinajstić information content (AvgIpc) is 3.04. The van der Waals surface area contributed by atoms with E-state index in [0.29, 0.717) is 12.1 Å². The first-order chi connectivity index (χ1) is 13.2. The van der Waals surface area contributed by atoms with E-state index in [4.69, 9.17) is 0 Å². The molecule has 0 atom stereocenters. The van der Waals surface area contributed by atoms with Gasteiger partial charge in [0.15, 0.2) is 0 Å². The lowest BCUT2D eigenvalue weighted by molar-refractivity contribution is -0.160. The number of amides is 1. The highest BCUT2D eigenvalue weighted by Gasteiger charge is 2.45. The molecule has 2 aromatic rings. The maximum Gasteiger partial charge on any atom is 0.416 e. The van der Waals surface area contributed by atoms with Crippen molar-refractivity contribution in [3.63, 3.8) is 0 Å². The Balaban J connectivity index is 1.84. The molecule has 29 heavy (non-hydrogen) atoms. The topological polar surface area (TPSA) is 25.2 Å². The van der Waals surface area contributed by atoms with Crippen LogP contribution in [-0.2, 0) is 17.1 Å². The molecule has 3 rings (SSSR count). The Morgan fingerprint density at radius 1 is 0.931 bits per heavy atom. The van der Waals surface area contributed by atoms with Crippen LogP contribution in [0.4, 0.5) is 35.1 Å². The molecule has 0 aliphatic carbocycles. The number of benzene rings is 1. The van der Waals surface area contributed by atoms with E-state index in [9.17, 15) is 39.9 Å². The molecule has 0 unspecified atom stereocenters. The highest BCUT2D eigenvalue weighted by Crippen LogP contribution is 2.38. The van der Waals surface area contributed by atoms with Gasteiger partial charge in [-0.05, 0) is 35.4 Å². The molecule has 0 saturated carbocycles. The van der Waals surface area contributed by atoms with Gasteiger partial charge in [-0.3, -0.25) is 4.79 Å². The molecule has 0 radical (unpaired) electrons. The molecule has 3 nitrogen and oxygen atoms in total. The van der Waals surface area contributed by atoms with Gasteiger partial charge in [0.25, 0.3) is 5.92 Å². The number of nitrogens with zero attached hydrogens (tertiary/aromatic N) is 2. The summed E-state index contributed by atoms with van der Waals surface area (Å²) in [6.07, 6.45) is -5.28. The lowest BCUT2D eigenvalue weighted by Crippen LogP contribution is -2.58. The molecule has 1 aliphatic heterocycles. The van der Waals surface area contributed by atoms with Crippen LogP contribution in [0.25, 0.3) is 17.3 Å². The lowest BCUT2D eigenvalue weighted by atomic mass is 10.0. The van der Waals surface area contributed by atoms with Crippen LogP contribution in [0.15, 0.2) is 42.7 Å². The van der Waals surface area contributed by atoms with Gasteiger partial charge in [0, 0.05) is 24.7 Å². The lowest BCUT2D eigenvalue weighted by Gasteiger charge is -2.37. The summed E-state index contributed by atoms with van der Waals surface area (Å²) in [5.41, 5.74) is -3.15. The van der Waals surface area contributed by atoms with E-state index in [1.165, 1.54) is 29.2 Å². The first kappa shape index (κ1) is 20.9. The Kier molecular flexibility index (Phi) is 4.96. The Labute approximate surface area is 158 Å². The van der Waals surface area contributed by atoms with E-state index in [2.05, 4.69) is 0 Å². The predicted octanol–water partition coefficient (Wildman–Crippen LogP) is 5.14. The van der Waals surface area contributed by atoms with Crippen molar-refractivity contribution < 1.29 is 39.9 Å². The zero-order valence-corrected chi connectivity index (χ0v) is 14.4. The van der Waals surface area contributed by atoms with Gasteiger partial charge in [-0.15, -0.1) is 0 Å². The Morgan fingerprint density at radius 2 is 1.48 bits per heavy atom. The van der Waals surface area contributed by atoms with Crippen LogP contribution in [0.3, 0.4) is 0 Å². The van der Waals surface area contributed by atoms with Crippen molar-refractivity contribution in [3.8, 4) is 11.1 Å². The van der Waals surface area contributed by atoms with Crippen molar-refractivity contribution in [2.24, 2.45) is 0 Å². The SMILES string of the molecule is O=C(C=Cn1ccc(-c2cc(C(F)(F)F)cc(C(F)(F)F)c2)c1)N1CC(F)(F)C1. The van der Waals surface area contributed by atoms with E-state index in [-0.39, 0.29) is 17.2 Å². The second kappa shape index (κ2) is 6.89. The number of alkyl halides is 8. The fourth-order valence-corrected chi connectivity index (χ4v) is 2.72. The van der Waals surface area contributed by atoms with Crippen molar-refractivity contribution in [1.29, 1.82) is 0 Å². The molecule has 1 aromatic heterocycles. The second-order valence-electron chi connectivity index (χ2n) is 6.51. The standard InChI is InChI=1S/C18H12F8N2O/c19-16(20)9-28(10-16)15(29)2-4-27-3-1-11(8-27)12-5-13(17(21,22)23)7-14(6-12)18(24,25)26/h1-8H,9-10H2. The highest BCUT2D eigenvalue weighted by molar-refractivity contribution is 5.91. The van der Waals surface area contributed by atoms with Crippen LogP contribution in [0.2, 0.25) is 0 Å². The molecule has 1 aliphatic rings. The molecule has 0 N–H and O–H groups in total. The first-order valence-electron chi connectivity index (χ1n) is 8.07. The van der Waals surface area contributed by atoms with E-state index >= 15 is 0 Å². The monoisotopic (exact) mass is 424 g/mol. The molecule has 1 saturated heterocycles. The number of carbonyl (C=O) groups excluding carboxylic acids is 1. The molecule has 1 aromatic carbocycles. The largest absolute Gasteiger partial charge is 0.416 e. The van der Waals surface area contributed by atoms with Gasteiger partial charge in [0.1, 0.15) is 0 Å². The number of hydrogen-bond donors (Lipinski definition) is 0. The van der Waals surface area contributed by atoms with Gasteiger partial charge in [0.2, 0.25) is 5.91 Å². The average molecular weight is 424 g/mol. The van der Waals surface area contributed by atoms with E-state index in [1.807, 2.05) is 0 Å². The van der Waals surface area contributed by atoms with Crippen LogP contribution >= 0.6 is 0 Å². The third kappa shape index (κ3) is 4.77. The van der Waals surface area contributed by atoms with Crippen LogP contribution in [-0.4, -0.2) is 34.4 Å². The Morgan fingerprint density at radius 3 is 1.97 bits per heavy atom. The molecule has 1 fully saturated rings. The first-order valence-corrected chi connectivity index (χ1v) is 8.07. The van der Waals surface area contributed by atoms with Gasteiger partial charge < -0.3 is 9.47 Å². The molecule has 0 bridgehead atoms. The van der Waals surface area contributed by atoms with Gasteiger partial charge in [-0.25, -0.2) is 8.78 Å². The molecular formula is C18H12F8N2O. The number of aromatic nitrogens is 1. The summed E-state index contributed by atoms with van der Waals surface area (Å²) in [7, 11) is 0. The Bertz CT molecular complexity index is 915. The highest BCUT2D eigenvalue weighted by atomic mass is 19.4. The summed E-state index contributed by atoms with van der Waals surface area (Å²) in [6.45, 7) is -1.42. The summed E-state index contributed by atoms with van der Waals surface area (Å²) in [6, 6.07) is 2.47. The molecule has 1 amide bonds. The zero-order chi connectivity index (χ0) is 21.6. The van der Waals surface area contributed by atoms with Crippen molar-refractivity contribution in [2.45, 2.75) is 18.3 Å². The van der Waals surface area contributed by atoms with Crippen molar-refractivity contribution >= 4 is 12.1 Å². The number of hydrogen-bond acceptors (Lipinski definition) is 1. The Hall–Kier alpha value is -2.85. The maximum absolute atomic E-state index is 13.0. The number of carbonyl (C=O) groups is 1. The van der Waals surface area contributed by atoms with Crippen LogP contribution in [0.5, 0.6) is 0 Å². The van der Waals surface area contributed by atoms with Gasteiger partial charge in [-0.2, -0.15) is 26.3 Å². The smallest absolute Gasteiger partial charge is 0.330 e. The third-order valence-corrected chi connectivity index (χ3v) is 4.18. The summed E-state index contributed by atoms with van der Waals surface area (Å²) in [4.78, 5) is 12.6. The minimum absolute atomic E-state index is 0.0297. The molecule has 156 valence electrons. The van der Waals surface area contributed by atoms with Crippen LogP contribution in [0, 0.1) is 0 Å². The summed E-state index contributed by atoms with van der Waals surface area (Å²) in [5, 5.41) is 0. The zero-order valence-electron chi connectivity index (χ0n) is 14.4. The summed E-state index contributed by atoms with van der Waals surface area (Å²) in [5.74, 6) is -3.62. The van der Waals surface area contributed by atoms with Crippen LogP contribution < -0.4 is 0 Å². The minimum Gasteiger partial charge on any atom is -0.330 e. The number of likely N-dealkylation sites (tertiary alicyclic amines) is 1. The number of halogens is 8.